The first-order valence-corrected chi connectivity index (χ1v) is 5.01. The van der Waals surface area contributed by atoms with Crippen LogP contribution >= 0.6 is 0 Å². The number of carbonyl (C=O) groups excluding carboxylic acids is 2. The van der Waals surface area contributed by atoms with Crippen LogP contribution in [0.2, 0.25) is 0 Å². The molecule has 5 nitrogen and oxygen atoms in total. The number of piperidine rings is 1. The van der Waals surface area contributed by atoms with Gasteiger partial charge in [-0.1, -0.05) is 6.07 Å². The summed E-state index contributed by atoms with van der Waals surface area (Å²) in [7, 11) is 1.54. The number of amides is 2. The topological polar surface area (TPSA) is 68.3 Å². The second-order valence-corrected chi connectivity index (χ2v) is 3.71. The predicted octanol–water partition coefficient (Wildman–Crippen LogP) is 0.610. The summed E-state index contributed by atoms with van der Waals surface area (Å²) in [5, 5.41) is 2.28. The number of ether oxygens (including phenoxy) is 1. The van der Waals surface area contributed by atoms with E-state index < -0.39 is 0 Å². The summed E-state index contributed by atoms with van der Waals surface area (Å²) in [6, 6.07) is 3.56. The van der Waals surface area contributed by atoms with Crippen LogP contribution in [0.4, 0.5) is 0 Å². The summed E-state index contributed by atoms with van der Waals surface area (Å²) in [5.74, 6) is 0.00382. The molecule has 5 heteroatoms. The van der Waals surface area contributed by atoms with Crippen molar-refractivity contribution >= 4 is 11.8 Å². The predicted molar refractivity (Wildman–Crippen MR) is 55.9 cm³/mol. The van der Waals surface area contributed by atoms with Crippen molar-refractivity contribution in [2.75, 3.05) is 7.11 Å². The molecule has 0 saturated carbocycles. The third kappa shape index (κ3) is 2.18. The number of methoxy groups -OCH3 is 1. The lowest BCUT2D eigenvalue weighted by Crippen LogP contribution is -2.37. The number of hydrogen-bond acceptors (Lipinski definition) is 4. The molecule has 0 radical (unpaired) electrons. The van der Waals surface area contributed by atoms with Crippen molar-refractivity contribution in [3.05, 3.63) is 23.9 Å². The molecule has 0 bridgehead atoms. The molecule has 1 aliphatic rings. The third-order valence-corrected chi connectivity index (χ3v) is 2.58. The van der Waals surface area contributed by atoms with Crippen molar-refractivity contribution in [1.82, 2.24) is 10.3 Å². The first-order chi connectivity index (χ1) is 7.69. The van der Waals surface area contributed by atoms with Crippen molar-refractivity contribution in [1.29, 1.82) is 0 Å². The molecule has 1 N–H and O–H groups in total. The number of hydrogen-bond donors (Lipinski definition) is 1. The molecule has 0 aliphatic carbocycles. The van der Waals surface area contributed by atoms with Crippen LogP contribution in [0.25, 0.3) is 0 Å². The standard InChI is InChI=1S/C11H12N2O3/c1-16-11-3-2-7(6-12-11)8-4-9(14)13-10(15)5-8/h2-3,6,8H,4-5H2,1H3,(H,13,14,15). The van der Waals surface area contributed by atoms with Gasteiger partial charge in [0.15, 0.2) is 0 Å². The Labute approximate surface area is 92.8 Å². The fourth-order valence-corrected chi connectivity index (χ4v) is 1.77. The van der Waals surface area contributed by atoms with Crippen LogP contribution in [-0.2, 0) is 9.59 Å². The number of carbonyl (C=O) groups is 2. The molecule has 1 aliphatic heterocycles. The van der Waals surface area contributed by atoms with Crippen LogP contribution in [0, 0.1) is 0 Å². The Morgan fingerprint density at radius 3 is 2.50 bits per heavy atom. The Balaban J connectivity index is 2.16. The fraction of sp³-hybridized carbons (Fsp3) is 0.364. The molecule has 1 aromatic rings. The van der Waals surface area contributed by atoms with Crippen LogP contribution in [-0.4, -0.2) is 23.9 Å². The van der Waals surface area contributed by atoms with Gasteiger partial charge in [0.1, 0.15) is 0 Å². The van der Waals surface area contributed by atoms with Crippen molar-refractivity contribution in [3.8, 4) is 5.88 Å². The monoisotopic (exact) mass is 220 g/mol. The molecule has 1 saturated heterocycles. The summed E-state index contributed by atoms with van der Waals surface area (Å²) >= 11 is 0. The van der Waals surface area contributed by atoms with Gasteiger partial charge in [0, 0.05) is 31.0 Å². The third-order valence-electron chi connectivity index (χ3n) is 2.58. The van der Waals surface area contributed by atoms with Gasteiger partial charge < -0.3 is 4.74 Å². The van der Waals surface area contributed by atoms with E-state index in [1.807, 2.05) is 6.07 Å². The van der Waals surface area contributed by atoms with Gasteiger partial charge in [0.2, 0.25) is 17.7 Å². The van der Waals surface area contributed by atoms with Crippen molar-refractivity contribution in [3.63, 3.8) is 0 Å². The van der Waals surface area contributed by atoms with E-state index in [0.717, 1.165) is 5.56 Å². The van der Waals surface area contributed by atoms with Gasteiger partial charge in [-0.3, -0.25) is 14.9 Å². The highest BCUT2D eigenvalue weighted by atomic mass is 16.5. The van der Waals surface area contributed by atoms with Crippen molar-refractivity contribution in [2.45, 2.75) is 18.8 Å². The Morgan fingerprint density at radius 2 is 2.00 bits per heavy atom. The van der Waals surface area contributed by atoms with E-state index in [1.54, 1.807) is 19.4 Å². The van der Waals surface area contributed by atoms with Crippen LogP contribution in [0.1, 0.15) is 24.3 Å². The maximum atomic E-state index is 11.2. The molecule has 2 rings (SSSR count). The van der Waals surface area contributed by atoms with Crippen molar-refractivity contribution < 1.29 is 14.3 Å². The molecule has 0 atom stereocenters. The average molecular weight is 220 g/mol. The minimum absolute atomic E-state index is 0.0698. The van der Waals surface area contributed by atoms with Gasteiger partial charge in [0.05, 0.1) is 7.11 Å². The zero-order chi connectivity index (χ0) is 11.5. The smallest absolute Gasteiger partial charge is 0.227 e. The normalized spacial score (nSPS) is 17.1. The molecular formula is C11H12N2O3. The molecule has 16 heavy (non-hydrogen) atoms. The summed E-state index contributed by atoms with van der Waals surface area (Å²) in [6.07, 6.45) is 2.31. The molecule has 1 fully saturated rings. The SMILES string of the molecule is COc1ccc(C2CC(=O)NC(=O)C2)cn1. The van der Waals surface area contributed by atoms with E-state index in [2.05, 4.69) is 10.3 Å². The number of pyridine rings is 1. The van der Waals surface area contributed by atoms with Gasteiger partial charge in [-0.2, -0.15) is 0 Å². The fourth-order valence-electron chi connectivity index (χ4n) is 1.77. The van der Waals surface area contributed by atoms with E-state index in [-0.39, 0.29) is 17.7 Å². The minimum Gasteiger partial charge on any atom is -0.481 e. The summed E-state index contributed by atoms with van der Waals surface area (Å²) in [6.45, 7) is 0. The van der Waals surface area contributed by atoms with Gasteiger partial charge in [-0.25, -0.2) is 4.98 Å². The molecule has 0 spiro atoms. The zero-order valence-corrected chi connectivity index (χ0v) is 8.90. The second-order valence-electron chi connectivity index (χ2n) is 3.71. The molecule has 1 aromatic heterocycles. The Kier molecular flexibility index (Phi) is 2.85. The maximum absolute atomic E-state index is 11.2. The largest absolute Gasteiger partial charge is 0.481 e. The highest BCUT2D eigenvalue weighted by molar-refractivity contribution is 5.98. The second kappa shape index (κ2) is 4.30. The highest BCUT2D eigenvalue weighted by Crippen LogP contribution is 2.26. The lowest BCUT2D eigenvalue weighted by Gasteiger charge is -2.20. The average Bonchev–Trinajstić information content (AvgIpc) is 2.28. The quantitative estimate of drug-likeness (QED) is 0.741. The number of aromatic nitrogens is 1. The van der Waals surface area contributed by atoms with E-state index in [1.165, 1.54) is 0 Å². The Hall–Kier alpha value is -1.91. The highest BCUT2D eigenvalue weighted by Gasteiger charge is 2.26. The van der Waals surface area contributed by atoms with E-state index >= 15 is 0 Å². The van der Waals surface area contributed by atoms with Gasteiger partial charge in [0.25, 0.3) is 0 Å². The molecule has 2 heterocycles. The molecule has 0 unspecified atom stereocenters. The molecule has 2 amide bonds. The van der Waals surface area contributed by atoms with Crippen LogP contribution in [0.3, 0.4) is 0 Å². The zero-order valence-electron chi connectivity index (χ0n) is 8.90. The Bertz CT molecular complexity index is 398. The molecular weight excluding hydrogens is 208 g/mol. The van der Waals surface area contributed by atoms with Crippen LogP contribution in [0.15, 0.2) is 18.3 Å². The summed E-state index contributed by atoms with van der Waals surface area (Å²) in [5.41, 5.74) is 0.893. The van der Waals surface area contributed by atoms with Gasteiger partial charge >= 0.3 is 0 Å². The molecule has 0 aromatic carbocycles. The van der Waals surface area contributed by atoms with Gasteiger partial charge in [-0.15, -0.1) is 0 Å². The lowest BCUT2D eigenvalue weighted by atomic mass is 9.90. The number of nitrogens with one attached hydrogen (secondary N) is 1. The number of nitrogens with zero attached hydrogens (tertiary/aromatic N) is 1. The number of imide groups is 1. The first-order valence-electron chi connectivity index (χ1n) is 5.01. The number of rotatable bonds is 2. The first kappa shape index (κ1) is 10.6. The summed E-state index contributed by atoms with van der Waals surface area (Å²) in [4.78, 5) is 26.5. The minimum atomic E-state index is -0.225. The van der Waals surface area contributed by atoms with Crippen LogP contribution in [0.5, 0.6) is 5.88 Å². The summed E-state index contributed by atoms with van der Waals surface area (Å²) < 4.78 is 4.94. The van der Waals surface area contributed by atoms with E-state index in [4.69, 9.17) is 4.74 Å². The van der Waals surface area contributed by atoms with E-state index in [9.17, 15) is 9.59 Å². The Morgan fingerprint density at radius 1 is 1.31 bits per heavy atom. The lowest BCUT2D eigenvalue weighted by molar-refractivity contribution is -0.133. The molecule has 84 valence electrons. The van der Waals surface area contributed by atoms with E-state index in [0.29, 0.717) is 18.7 Å². The van der Waals surface area contributed by atoms with Crippen LogP contribution < -0.4 is 10.1 Å². The maximum Gasteiger partial charge on any atom is 0.227 e. The van der Waals surface area contributed by atoms with Gasteiger partial charge in [-0.05, 0) is 5.56 Å². The van der Waals surface area contributed by atoms with Crippen molar-refractivity contribution in [2.24, 2.45) is 0 Å².